The zero-order chi connectivity index (χ0) is 45.8. The number of aryl methyl sites for hydroxylation is 1. The largest absolute Gasteiger partial charge is 0.508 e. The first kappa shape index (κ1) is 47.6. The van der Waals surface area contributed by atoms with Gasteiger partial charge in [0, 0.05) is 12.8 Å². The van der Waals surface area contributed by atoms with Crippen molar-refractivity contribution in [2.24, 2.45) is 0 Å². The molecule has 21 nitrogen and oxygen atoms in total. The lowest BCUT2D eigenvalue weighted by Gasteiger charge is -2.27. The van der Waals surface area contributed by atoms with Crippen LogP contribution in [0, 0.1) is 6.92 Å². The Kier molecular flexibility index (Phi) is 16.3. The van der Waals surface area contributed by atoms with Gasteiger partial charge < -0.3 is 29.5 Å². The van der Waals surface area contributed by atoms with E-state index in [-0.39, 0.29) is 111 Å². The second-order valence-electron chi connectivity index (χ2n) is 13.9. The van der Waals surface area contributed by atoms with E-state index in [1.165, 1.54) is 42.5 Å². The Labute approximate surface area is 360 Å². The lowest BCUT2D eigenvalue weighted by Crippen LogP contribution is -2.54. The second-order valence-corrected chi connectivity index (χ2v) is 15.6. The number of benzene rings is 3. The van der Waals surface area contributed by atoms with Crippen LogP contribution in [0.2, 0.25) is 0 Å². The molecule has 2 fully saturated rings. The molecule has 63 heavy (non-hydrogen) atoms. The summed E-state index contributed by atoms with van der Waals surface area (Å²) in [5.74, 6) is -4.22. The van der Waals surface area contributed by atoms with Crippen molar-refractivity contribution in [3.8, 4) is 11.5 Å². The number of phenols is 1. The highest BCUT2D eigenvalue weighted by molar-refractivity contribution is 7.86. The molecule has 5 N–H and O–H groups in total. The molecule has 0 aliphatic carbocycles. The number of hydrogen-bond donors (Lipinski definition) is 5. The summed E-state index contributed by atoms with van der Waals surface area (Å²) in [7, 11) is -3.71. The Hall–Kier alpha value is -6.43. The topological polar surface area (TPSA) is 299 Å². The molecule has 7 rings (SSSR count). The van der Waals surface area contributed by atoms with Crippen molar-refractivity contribution in [3.05, 3.63) is 88.5 Å². The lowest BCUT2D eigenvalue weighted by atomic mass is 10.0. The predicted molar refractivity (Wildman–Crippen MR) is 214 cm³/mol. The molecule has 4 aliphatic rings. The summed E-state index contributed by atoms with van der Waals surface area (Å²) in [5.41, 5.74) is 1.56. The number of nitrogens with one attached hydrogen (secondary N) is 2. The van der Waals surface area contributed by atoms with E-state index in [0.29, 0.717) is 5.75 Å². The smallest absolute Gasteiger partial charge is 0.297 e. The fourth-order valence-corrected chi connectivity index (χ4v) is 7.42. The van der Waals surface area contributed by atoms with E-state index in [1.54, 1.807) is 18.2 Å². The first-order valence-corrected chi connectivity index (χ1v) is 20.8. The van der Waals surface area contributed by atoms with Crippen molar-refractivity contribution in [2.45, 2.75) is 49.6 Å². The van der Waals surface area contributed by atoms with Crippen LogP contribution in [-0.4, -0.2) is 146 Å². The number of aliphatic hydroxyl groups excluding tert-OH is 2. The summed E-state index contributed by atoms with van der Waals surface area (Å²) in [6.07, 6.45) is 0.380. The summed E-state index contributed by atoms with van der Waals surface area (Å²) < 4.78 is 43.5. The molecule has 0 radical (unpaired) electrons. The minimum absolute atomic E-state index is 0.0593. The summed E-state index contributed by atoms with van der Waals surface area (Å²) in [5, 5.41) is 30.7. The fraction of sp³-hybridized carbons (Fsp3) is 0.366. The highest BCUT2D eigenvalue weighted by Crippen LogP contribution is 2.31. The van der Waals surface area contributed by atoms with E-state index >= 15 is 0 Å². The number of imide groups is 4. The molecule has 0 saturated carbocycles. The standard InChI is InChI=1S/C17H18N2O7.C13H10N2O5.C11H16O5S/c20-5-6-25-7-8-26-10-1-2-11-12(9-10)17(24)19(16(11)23)13-3-4-14(21)18-15(13)22;16-6-1-2-7-8(5-6)13(20)15(12(7)19)9-3-4-10(17)14-11(9)18;1-10-2-4-11(5-3-10)17(13,14)16-9-8-15-7-6-12/h1-2,9,13,20H,3-8H2,(H,18,21,22);1-2,5,9,16H,3-4H2,(H,14,17,18);2-5,12H,6-9H2,1H3. The molecular formula is C41H44N4O17S. The number of amides is 8. The molecule has 2 atom stereocenters. The van der Waals surface area contributed by atoms with E-state index in [2.05, 4.69) is 10.6 Å². The molecule has 0 spiro atoms. The molecule has 22 heteroatoms. The minimum Gasteiger partial charge on any atom is -0.508 e. The van der Waals surface area contributed by atoms with Crippen molar-refractivity contribution in [2.75, 3.05) is 52.9 Å². The number of fused-ring (bicyclic) bond motifs is 2. The maximum absolute atomic E-state index is 12.6. The minimum atomic E-state index is -3.71. The molecule has 0 bridgehead atoms. The van der Waals surface area contributed by atoms with Crippen LogP contribution in [0.25, 0.3) is 0 Å². The zero-order valence-electron chi connectivity index (χ0n) is 33.8. The van der Waals surface area contributed by atoms with Crippen LogP contribution in [0.15, 0.2) is 65.6 Å². The highest BCUT2D eigenvalue weighted by Gasteiger charge is 2.46. The Bertz CT molecular complexity index is 2370. The van der Waals surface area contributed by atoms with Crippen molar-refractivity contribution >= 4 is 57.4 Å². The van der Waals surface area contributed by atoms with E-state index in [1.807, 2.05) is 6.92 Å². The van der Waals surface area contributed by atoms with E-state index in [9.17, 15) is 51.9 Å². The van der Waals surface area contributed by atoms with Gasteiger partial charge in [0.1, 0.15) is 30.2 Å². The quantitative estimate of drug-likeness (QED) is 0.0761. The van der Waals surface area contributed by atoms with Gasteiger partial charge in [-0.25, -0.2) is 0 Å². The summed E-state index contributed by atoms with van der Waals surface area (Å²) in [4.78, 5) is 97.6. The van der Waals surface area contributed by atoms with E-state index in [4.69, 9.17) is 28.6 Å². The third kappa shape index (κ3) is 11.7. The van der Waals surface area contributed by atoms with Crippen LogP contribution in [0.5, 0.6) is 11.5 Å². The molecule has 8 amide bonds. The summed E-state index contributed by atoms with van der Waals surface area (Å²) in [6.45, 7) is 2.65. The van der Waals surface area contributed by atoms with Gasteiger partial charge in [0.15, 0.2) is 0 Å². The number of nitrogens with zero attached hydrogens (tertiary/aromatic N) is 2. The molecule has 3 aromatic rings. The SMILES string of the molecule is Cc1ccc(S(=O)(=O)OCCOCCO)cc1.O=C1CCC(N2C(=O)c3ccc(O)cc3C2=O)C(=O)N1.O=C1CCC(N2C(=O)c3ccc(OCCOCCO)cc3C2=O)C(=O)N1. The van der Waals surface area contributed by atoms with Gasteiger partial charge in [-0.3, -0.25) is 63.0 Å². The monoisotopic (exact) mass is 896 g/mol. The fourth-order valence-electron chi connectivity index (χ4n) is 6.53. The van der Waals surface area contributed by atoms with Gasteiger partial charge in [0.2, 0.25) is 23.6 Å². The lowest BCUT2D eigenvalue weighted by molar-refractivity contribution is -0.137. The van der Waals surface area contributed by atoms with Crippen LogP contribution in [0.1, 0.15) is 72.7 Å². The first-order valence-electron chi connectivity index (χ1n) is 19.4. The van der Waals surface area contributed by atoms with Gasteiger partial charge in [0.05, 0.1) is 73.4 Å². The van der Waals surface area contributed by atoms with Gasteiger partial charge in [-0.2, -0.15) is 8.42 Å². The Morgan fingerprint density at radius 3 is 1.59 bits per heavy atom. The molecule has 2 saturated heterocycles. The maximum Gasteiger partial charge on any atom is 0.297 e. The van der Waals surface area contributed by atoms with Crippen LogP contribution in [0.4, 0.5) is 0 Å². The third-order valence-corrected chi connectivity index (χ3v) is 10.9. The second kappa shape index (κ2) is 21.6. The molecule has 3 aromatic carbocycles. The molecule has 336 valence electrons. The number of ether oxygens (including phenoxy) is 3. The van der Waals surface area contributed by atoms with Crippen LogP contribution < -0.4 is 15.4 Å². The predicted octanol–water partition coefficient (Wildman–Crippen LogP) is -0.0219. The van der Waals surface area contributed by atoms with Gasteiger partial charge in [-0.1, -0.05) is 17.7 Å². The molecule has 4 aliphatic heterocycles. The number of rotatable bonds is 15. The Morgan fingerprint density at radius 1 is 0.603 bits per heavy atom. The van der Waals surface area contributed by atoms with Crippen molar-refractivity contribution < 1.29 is 80.5 Å². The van der Waals surface area contributed by atoms with Crippen LogP contribution in [0.3, 0.4) is 0 Å². The zero-order valence-corrected chi connectivity index (χ0v) is 34.6. The van der Waals surface area contributed by atoms with Crippen molar-refractivity contribution in [3.63, 3.8) is 0 Å². The Morgan fingerprint density at radius 2 is 1.08 bits per heavy atom. The maximum atomic E-state index is 12.6. The summed E-state index contributed by atoms with van der Waals surface area (Å²) >= 11 is 0. The van der Waals surface area contributed by atoms with Gasteiger partial charge in [0.25, 0.3) is 33.7 Å². The molecular weight excluding hydrogens is 853 g/mol. The first-order chi connectivity index (χ1) is 30.1. The van der Waals surface area contributed by atoms with Gasteiger partial charge in [-0.15, -0.1) is 0 Å². The molecule has 4 heterocycles. The number of carbonyl (C=O) groups is 8. The number of phenolic OH excluding ortho intramolecular Hbond substituents is 1. The Balaban J connectivity index is 0.000000183. The highest BCUT2D eigenvalue weighted by atomic mass is 32.2. The van der Waals surface area contributed by atoms with Gasteiger partial charge >= 0.3 is 0 Å². The molecule has 2 unspecified atom stereocenters. The van der Waals surface area contributed by atoms with Gasteiger partial charge in [-0.05, 0) is 68.3 Å². The number of hydrogen-bond acceptors (Lipinski definition) is 17. The normalized spacial score (nSPS) is 18.2. The van der Waals surface area contributed by atoms with E-state index in [0.717, 1.165) is 15.4 Å². The van der Waals surface area contributed by atoms with Crippen molar-refractivity contribution in [1.29, 1.82) is 0 Å². The summed E-state index contributed by atoms with van der Waals surface area (Å²) in [6, 6.07) is 12.8. The van der Waals surface area contributed by atoms with Crippen LogP contribution >= 0.6 is 0 Å². The van der Waals surface area contributed by atoms with Crippen LogP contribution in [-0.2, 0) is 43.0 Å². The third-order valence-electron chi connectivity index (χ3n) is 9.58. The van der Waals surface area contributed by atoms with Crippen molar-refractivity contribution in [1.82, 2.24) is 20.4 Å². The average molecular weight is 897 g/mol. The average Bonchev–Trinajstić information content (AvgIpc) is 3.64. The van der Waals surface area contributed by atoms with E-state index < -0.39 is 69.5 Å². The number of piperidine rings is 2. The number of aliphatic hydroxyl groups is 2. The molecule has 0 aromatic heterocycles. The number of aromatic hydroxyl groups is 1. The number of carbonyl (C=O) groups excluding carboxylic acids is 8.